The van der Waals surface area contributed by atoms with Gasteiger partial charge in [0.2, 0.25) is 0 Å². The highest BCUT2D eigenvalue weighted by atomic mass is 16.5. The fourth-order valence-electron chi connectivity index (χ4n) is 1.78. The maximum Gasteiger partial charge on any atom is 0.310 e. The molecule has 6 heteroatoms. The maximum absolute atomic E-state index is 12.1. The van der Waals surface area contributed by atoms with Gasteiger partial charge in [-0.3, -0.25) is 14.7 Å². The number of hydrogen-bond acceptors (Lipinski definition) is 4. The van der Waals surface area contributed by atoms with Gasteiger partial charge in [-0.05, 0) is 31.2 Å². The monoisotopic (exact) mass is 271 g/mol. The molecule has 2 rings (SSSR count). The van der Waals surface area contributed by atoms with Crippen LogP contribution in [0.1, 0.15) is 18.1 Å². The summed E-state index contributed by atoms with van der Waals surface area (Å²) in [6.07, 6.45) is 1.42. The van der Waals surface area contributed by atoms with E-state index in [2.05, 4.69) is 5.10 Å². The second-order valence-corrected chi connectivity index (χ2v) is 4.08. The molecule has 0 atom stereocenters. The largest absolute Gasteiger partial charge is 0.466 e. The molecule has 1 aromatic carbocycles. The van der Waals surface area contributed by atoms with Gasteiger partial charge < -0.3 is 4.74 Å². The minimum atomic E-state index is -0.435. The summed E-state index contributed by atoms with van der Waals surface area (Å²) in [6, 6.07) is 8.56. The van der Waals surface area contributed by atoms with Crippen LogP contribution in [0.2, 0.25) is 0 Å². The lowest BCUT2D eigenvalue weighted by atomic mass is 10.2. The number of nitriles is 1. The van der Waals surface area contributed by atoms with E-state index in [0.29, 0.717) is 16.8 Å². The SMILES string of the molecule is CCOC(=O)Cc1c[nH]n(-c2ccc(C#N)cc2)c1=O. The van der Waals surface area contributed by atoms with E-state index < -0.39 is 5.97 Å². The summed E-state index contributed by atoms with van der Waals surface area (Å²) in [5, 5.41) is 11.5. The van der Waals surface area contributed by atoms with Crippen LogP contribution in [-0.4, -0.2) is 22.4 Å². The third-order valence-corrected chi connectivity index (χ3v) is 2.74. The Bertz CT molecular complexity index is 705. The van der Waals surface area contributed by atoms with Gasteiger partial charge in [0, 0.05) is 11.8 Å². The molecule has 0 aliphatic rings. The number of nitrogens with one attached hydrogen (secondary N) is 1. The average Bonchev–Trinajstić information content (AvgIpc) is 2.81. The van der Waals surface area contributed by atoms with E-state index in [-0.39, 0.29) is 18.6 Å². The van der Waals surface area contributed by atoms with Crippen molar-refractivity contribution in [2.75, 3.05) is 6.61 Å². The number of rotatable bonds is 4. The van der Waals surface area contributed by atoms with Gasteiger partial charge in [-0.25, -0.2) is 4.68 Å². The Morgan fingerprint density at radius 2 is 2.10 bits per heavy atom. The zero-order valence-corrected chi connectivity index (χ0v) is 10.9. The molecule has 102 valence electrons. The molecule has 0 amide bonds. The zero-order valence-electron chi connectivity index (χ0n) is 10.9. The summed E-state index contributed by atoms with van der Waals surface area (Å²) >= 11 is 0. The number of nitrogens with zero attached hydrogens (tertiary/aromatic N) is 2. The number of aromatic amines is 1. The van der Waals surface area contributed by atoms with E-state index in [1.165, 1.54) is 10.9 Å². The molecule has 0 fully saturated rings. The molecule has 0 spiro atoms. The predicted molar refractivity (Wildman–Crippen MR) is 71.4 cm³/mol. The van der Waals surface area contributed by atoms with Crippen molar-refractivity contribution in [2.24, 2.45) is 0 Å². The van der Waals surface area contributed by atoms with E-state index in [9.17, 15) is 9.59 Å². The van der Waals surface area contributed by atoms with Crippen molar-refractivity contribution in [2.45, 2.75) is 13.3 Å². The van der Waals surface area contributed by atoms with E-state index in [0.717, 1.165) is 0 Å². The lowest BCUT2D eigenvalue weighted by molar-refractivity contribution is -0.142. The van der Waals surface area contributed by atoms with Crippen LogP contribution >= 0.6 is 0 Å². The van der Waals surface area contributed by atoms with Gasteiger partial charge in [-0.15, -0.1) is 0 Å². The van der Waals surface area contributed by atoms with E-state index in [1.807, 2.05) is 6.07 Å². The first-order chi connectivity index (χ1) is 9.65. The molecular formula is C14H13N3O3. The summed E-state index contributed by atoms with van der Waals surface area (Å²) in [5.41, 5.74) is 1.15. The Hall–Kier alpha value is -2.81. The summed E-state index contributed by atoms with van der Waals surface area (Å²) in [5.74, 6) is -0.435. The van der Waals surface area contributed by atoms with Gasteiger partial charge in [0.25, 0.3) is 5.56 Å². The molecule has 0 radical (unpaired) electrons. The Labute approximate surface area is 115 Å². The number of carbonyl (C=O) groups excluding carboxylic acids is 1. The number of esters is 1. The Morgan fingerprint density at radius 1 is 1.40 bits per heavy atom. The molecule has 1 aromatic heterocycles. The Kier molecular flexibility index (Phi) is 4.01. The summed E-state index contributed by atoms with van der Waals surface area (Å²) in [4.78, 5) is 23.5. The summed E-state index contributed by atoms with van der Waals surface area (Å²) < 4.78 is 6.12. The van der Waals surface area contributed by atoms with Gasteiger partial charge in [0.1, 0.15) is 0 Å². The second-order valence-electron chi connectivity index (χ2n) is 4.08. The molecule has 0 bridgehead atoms. The number of carbonyl (C=O) groups is 1. The van der Waals surface area contributed by atoms with Crippen molar-refractivity contribution in [3.8, 4) is 11.8 Å². The molecule has 0 saturated carbocycles. The fourth-order valence-corrected chi connectivity index (χ4v) is 1.78. The summed E-state index contributed by atoms with van der Waals surface area (Å²) in [7, 11) is 0. The van der Waals surface area contributed by atoms with E-state index in [4.69, 9.17) is 10.00 Å². The van der Waals surface area contributed by atoms with Gasteiger partial charge in [0.05, 0.1) is 30.3 Å². The first kappa shape index (κ1) is 13.6. The quantitative estimate of drug-likeness (QED) is 0.845. The second kappa shape index (κ2) is 5.89. The van der Waals surface area contributed by atoms with Crippen molar-refractivity contribution in [1.82, 2.24) is 9.78 Å². The molecule has 0 aliphatic carbocycles. The van der Waals surface area contributed by atoms with Crippen LogP contribution in [0.3, 0.4) is 0 Å². The highest BCUT2D eigenvalue weighted by Gasteiger charge is 2.12. The first-order valence-corrected chi connectivity index (χ1v) is 6.11. The molecule has 1 N–H and O–H groups in total. The van der Waals surface area contributed by atoms with Crippen LogP contribution in [0.4, 0.5) is 0 Å². The lowest BCUT2D eigenvalue weighted by Gasteiger charge is -2.01. The van der Waals surface area contributed by atoms with Crippen molar-refractivity contribution in [3.63, 3.8) is 0 Å². The number of aromatic nitrogens is 2. The molecule has 0 saturated heterocycles. The lowest BCUT2D eigenvalue weighted by Crippen LogP contribution is -2.20. The van der Waals surface area contributed by atoms with Gasteiger partial charge in [-0.1, -0.05) is 0 Å². The first-order valence-electron chi connectivity index (χ1n) is 6.11. The highest BCUT2D eigenvalue weighted by molar-refractivity contribution is 5.72. The van der Waals surface area contributed by atoms with Gasteiger partial charge in [-0.2, -0.15) is 5.26 Å². The number of ether oxygens (including phenoxy) is 1. The van der Waals surface area contributed by atoms with Crippen LogP contribution in [0.25, 0.3) is 5.69 Å². The maximum atomic E-state index is 12.1. The van der Waals surface area contributed by atoms with E-state index >= 15 is 0 Å². The standard InChI is InChI=1S/C14H13N3O3/c1-2-20-13(18)7-11-9-16-17(14(11)19)12-5-3-10(8-15)4-6-12/h3-6,9,16H,2,7H2,1H3. The van der Waals surface area contributed by atoms with Gasteiger partial charge in [0.15, 0.2) is 0 Å². The van der Waals surface area contributed by atoms with Crippen LogP contribution in [-0.2, 0) is 16.0 Å². The van der Waals surface area contributed by atoms with Crippen LogP contribution in [0.15, 0.2) is 35.3 Å². The predicted octanol–water partition coefficient (Wildman–Crippen LogP) is 1.14. The van der Waals surface area contributed by atoms with Crippen molar-refractivity contribution >= 4 is 5.97 Å². The Morgan fingerprint density at radius 3 is 2.70 bits per heavy atom. The molecular weight excluding hydrogens is 258 g/mol. The molecule has 2 aromatic rings. The molecule has 6 nitrogen and oxygen atoms in total. The van der Waals surface area contributed by atoms with E-state index in [1.54, 1.807) is 31.2 Å². The van der Waals surface area contributed by atoms with Crippen LogP contribution in [0, 0.1) is 11.3 Å². The van der Waals surface area contributed by atoms with Crippen molar-refractivity contribution in [1.29, 1.82) is 5.26 Å². The third kappa shape index (κ3) is 2.78. The number of H-pyrrole nitrogens is 1. The minimum Gasteiger partial charge on any atom is -0.466 e. The Balaban J connectivity index is 2.26. The van der Waals surface area contributed by atoms with Crippen LogP contribution < -0.4 is 5.56 Å². The van der Waals surface area contributed by atoms with Crippen LogP contribution in [0.5, 0.6) is 0 Å². The zero-order chi connectivity index (χ0) is 14.5. The number of hydrogen-bond donors (Lipinski definition) is 1. The molecule has 1 heterocycles. The van der Waals surface area contributed by atoms with Gasteiger partial charge >= 0.3 is 5.97 Å². The minimum absolute atomic E-state index is 0.0630. The average molecular weight is 271 g/mol. The number of benzene rings is 1. The fraction of sp³-hybridized carbons (Fsp3) is 0.214. The molecule has 0 unspecified atom stereocenters. The van der Waals surface area contributed by atoms with Crippen molar-refractivity contribution < 1.29 is 9.53 Å². The molecule has 0 aliphatic heterocycles. The topological polar surface area (TPSA) is 87.9 Å². The normalized spacial score (nSPS) is 10.0. The summed E-state index contributed by atoms with van der Waals surface area (Å²) in [6.45, 7) is 2.00. The highest BCUT2D eigenvalue weighted by Crippen LogP contribution is 2.07. The third-order valence-electron chi connectivity index (χ3n) is 2.74. The molecule has 20 heavy (non-hydrogen) atoms. The van der Waals surface area contributed by atoms with Crippen molar-refractivity contribution in [3.05, 3.63) is 51.9 Å². The smallest absolute Gasteiger partial charge is 0.310 e.